The van der Waals surface area contributed by atoms with Crippen LogP contribution in [0.15, 0.2) is 30.3 Å². The van der Waals surface area contributed by atoms with Crippen LogP contribution in [0.4, 0.5) is 0 Å². The largest absolute Gasteiger partial charge is 0.545 e. The highest BCUT2D eigenvalue weighted by atomic mass is 16.5. The van der Waals surface area contributed by atoms with Crippen molar-refractivity contribution in [2.75, 3.05) is 6.61 Å². The first kappa shape index (κ1) is 10.3. The third kappa shape index (κ3) is 3.31. The number of carboxylic acid groups (broad SMARTS) is 1. The van der Waals surface area contributed by atoms with Gasteiger partial charge in [-0.05, 0) is 30.7 Å². The molecule has 0 saturated heterocycles. The zero-order valence-electron chi connectivity index (χ0n) is 7.90. The lowest BCUT2D eigenvalue weighted by Crippen LogP contribution is -2.18. The van der Waals surface area contributed by atoms with Gasteiger partial charge in [0, 0.05) is 0 Å². The van der Waals surface area contributed by atoms with E-state index in [1.165, 1.54) is 6.08 Å². The van der Waals surface area contributed by atoms with Gasteiger partial charge in [0.25, 0.3) is 0 Å². The van der Waals surface area contributed by atoms with Gasteiger partial charge in [-0.3, -0.25) is 0 Å². The molecule has 0 N–H and O–H groups in total. The molecule has 0 aliphatic carbocycles. The maximum Gasteiger partial charge on any atom is 0.119 e. The molecule has 0 aliphatic rings. The van der Waals surface area contributed by atoms with Crippen molar-refractivity contribution in [2.45, 2.75) is 6.92 Å². The summed E-state index contributed by atoms with van der Waals surface area (Å²) < 4.78 is 5.23. The summed E-state index contributed by atoms with van der Waals surface area (Å²) in [6, 6.07) is 7.14. The van der Waals surface area contributed by atoms with Crippen LogP contribution in [0.2, 0.25) is 0 Å². The summed E-state index contributed by atoms with van der Waals surface area (Å²) >= 11 is 0. The molecule has 0 fully saturated rings. The summed E-state index contributed by atoms with van der Waals surface area (Å²) in [5, 5.41) is 10.1. The highest BCUT2D eigenvalue weighted by molar-refractivity contribution is 5.83. The van der Waals surface area contributed by atoms with Gasteiger partial charge in [-0.15, -0.1) is 0 Å². The van der Waals surface area contributed by atoms with Crippen LogP contribution in [0, 0.1) is 0 Å². The van der Waals surface area contributed by atoms with Crippen molar-refractivity contribution in [1.82, 2.24) is 0 Å². The average Bonchev–Trinajstić information content (AvgIpc) is 2.17. The van der Waals surface area contributed by atoms with Crippen LogP contribution in [0.1, 0.15) is 12.5 Å². The quantitative estimate of drug-likeness (QED) is 0.663. The van der Waals surface area contributed by atoms with Crippen molar-refractivity contribution >= 4 is 12.0 Å². The van der Waals surface area contributed by atoms with Gasteiger partial charge >= 0.3 is 0 Å². The highest BCUT2D eigenvalue weighted by Gasteiger charge is 1.90. The second-order valence-corrected chi connectivity index (χ2v) is 2.65. The second kappa shape index (κ2) is 5.07. The van der Waals surface area contributed by atoms with Crippen LogP contribution < -0.4 is 9.84 Å². The standard InChI is InChI=1S/C11H12O3/c1-2-14-10-6-3-9(4-7-10)5-8-11(12)13/h3-8H,2H2,1H3,(H,12,13)/p-1. The van der Waals surface area contributed by atoms with E-state index in [9.17, 15) is 9.90 Å². The van der Waals surface area contributed by atoms with E-state index in [0.717, 1.165) is 17.4 Å². The van der Waals surface area contributed by atoms with E-state index >= 15 is 0 Å². The zero-order chi connectivity index (χ0) is 10.4. The number of hydrogen-bond acceptors (Lipinski definition) is 3. The molecule has 14 heavy (non-hydrogen) atoms. The van der Waals surface area contributed by atoms with Gasteiger partial charge < -0.3 is 14.6 Å². The molecule has 0 unspecified atom stereocenters. The van der Waals surface area contributed by atoms with Crippen molar-refractivity contribution < 1.29 is 14.6 Å². The predicted octanol–water partition coefficient (Wildman–Crippen LogP) is 0.848. The molecule has 1 aromatic carbocycles. The summed E-state index contributed by atoms with van der Waals surface area (Å²) in [7, 11) is 0. The number of benzene rings is 1. The minimum atomic E-state index is -1.20. The maximum atomic E-state index is 10.1. The molecule has 0 aromatic heterocycles. The summed E-state index contributed by atoms with van der Waals surface area (Å²) in [4.78, 5) is 10.1. The molecule has 0 spiro atoms. The summed E-state index contributed by atoms with van der Waals surface area (Å²) in [6.45, 7) is 2.53. The first-order valence-electron chi connectivity index (χ1n) is 4.34. The lowest BCUT2D eigenvalue weighted by Gasteiger charge is -2.02. The van der Waals surface area contributed by atoms with Crippen LogP contribution in [0.25, 0.3) is 6.08 Å². The molecule has 0 atom stereocenters. The molecular formula is C11H11O3-. The van der Waals surface area contributed by atoms with Gasteiger partial charge in [0.1, 0.15) is 5.75 Å². The Morgan fingerprint density at radius 2 is 2.07 bits per heavy atom. The molecular weight excluding hydrogens is 180 g/mol. The number of carbonyl (C=O) groups excluding carboxylic acids is 1. The van der Waals surface area contributed by atoms with Gasteiger partial charge in [-0.25, -0.2) is 0 Å². The number of ether oxygens (including phenoxy) is 1. The second-order valence-electron chi connectivity index (χ2n) is 2.65. The van der Waals surface area contributed by atoms with Gasteiger partial charge in [0.15, 0.2) is 0 Å². The lowest BCUT2D eigenvalue weighted by atomic mass is 10.2. The van der Waals surface area contributed by atoms with Crippen LogP contribution in [-0.4, -0.2) is 12.6 Å². The third-order valence-electron chi connectivity index (χ3n) is 1.60. The number of carbonyl (C=O) groups is 1. The van der Waals surface area contributed by atoms with E-state index in [-0.39, 0.29) is 0 Å². The fourth-order valence-corrected chi connectivity index (χ4v) is 1.01. The summed E-state index contributed by atoms with van der Waals surface area (Å²) in [5.41, 5.74) is 0.803. The van der Waals surface area contributed by atoms with Crippen LogP contribution in [0.3, 0.4) is 0 Å². The van der Waals surface area contributed by atoms with Gasteiger partial charge in [0.2, 0.25) is 0 Å². The molecule has 0 amide bonds. The van der Waals surface area contributed by atoms with E-state index in [1.54, 1.807) is 24.3 Å². The van der Waals surface area contributed by atoms with Gasteiger partial charge in [-0.2, -0.15) is 0 Å². The normalized spacial score (nSPS) is 10.4. The SMILES string of the molecule is CCOc1ccc(C=CC(=O)[O-])cc1. The van der Waals surface area contributed by atoms with E-state index in [4.69, 9.17) is 4.74 Å². The number of rotatable bonds is 4. The smallest absolute Gasteiger partial charge is 0.119 e. The monoisotopic (exact) mass is 191 g/mol. The number of carboxylic acids is 1. The Hall–Kier alpha value is -1.77. The van der Waals surface area contributed by atoms with E-state index < -0.39 is 5.97 Å². The Balaban J connectivity index is 2.68. The van der Waals surface area contributed by atoms with Crippen LogP contribution >= 0.6 is 0 Å². The molecule has 0 heterocycles. The van der Waals surface area contributed by atoms with E-state index in [2.05, 4.69) is 0 Å². The van der Waals surface area contributed by atoms with Gasteiger partial charge in [-0.1, -0.05) is 18.2 Å². The van der Waals surface area contributed by atoms with Crippen molar-refractivity contribution in [3.63, 3.8) is 0 Å². The number of aliphatic carboxylic acids is 1. The molecule has 1 aromatic rings. The molecule has 3 heteroatoms. The van der Waals surface area contributed by atoms with Crippen LogP contribution in [-0.2, 0) is 4.79 Å². The Morgan fingerprint density at radius 3 is 2.57 bits per heavy atom. The Kier molecular flexibility index (Phi) is 3.73. The molecule has 0 radical (unpaired) electrons. The molecule has 1 rings (SSSR count). The van der Waals surface area contributed by atoms with E-state index in [1.807, 2.05) is 6.92 Å². The minimum Gasteiger partial charge on any atom is -0.545 e. The molecule has 74 valence electrons. The zero-order valence-corrected chi connectivity index (χ0v) is 7.90. The molecule has 0 aliphatic heterocycles. The first-order valence-corrected chi connectivity index (χ1v) is 4.34. The third-order valence-corrected chi connectivity index (χ3v) is 1.60. The summed E-state index contributed by atoms with van der Waals surface area (Å²) in [5.74, 6) is -0.419. The van der Waals surface area contributed by atoms with E-state index in [0.29, 0.717) is 6.61 Å². The maximum absolute atomic E-state index is 10.1. The molecule has 3 nitrogen and oxygen atoms in total. The van der Waals surface area contributed by atoms with Gasteiger partial charge in [0.05, 0.1) is 12.6 Å². The fourth-order valence-electron chi connectivity index (χ4n) is 1.01. The van der Waals surface area contributed by atoms with Crippen molar-refractivity contribution in [3.05, 3.63) is 35.9 Å². The molecule has 0 bridgehead atoms. The van der Waals surface area contributed by atoms with Crippen molar-refractivity contribution in [2.24, 2.45) is 0 Å². The fraction of sp³-hybridized carbons (Fsp3) is 0.182. The average molecular weight is 191 g/mol. The lowest BCUT2D eigenvalue weighted by molar-refractivity contribution is -0.297. The van der Waals surface area contributed by atoms with Crippen molar-refractivity contribution in [1.29, 1.82) is 0 Å². The minimum absolute atomic E-state index is 0.619. The first-order chi connectivity index (χ1) is 6.72. The highest BCUT2D eigenvalue weighted by Crippen LogP contribution is 2.12. The topological polar surface area (TPSA) is 49.4 Å². The predicted molar refractivity (Wildman–Crippen MR) is 51.7 cm³/mol. The molecule has 0 saturated carbocycles. The number of hydrogen-bond donors (Lipinski definition) is 0. The Bertz CT molecular complexity index is 325. The van der Waals surface area contributed by atoms with Crippen LogP contribution in [0.5, 0.6) is 5.75 Å². The summed E-state index contributed by atoms with van der Waals surface area (Å²) in [6.07, 6.45) is 2.47. The van der Waals surface area contributed by atoms with Crippen molar-refractivity contribution in [3.8, 4) is 5.75 Å². The Labute approximate surface area is 82.6 Å². The Morgan fingerprint density at radius 1 is 1.43 bits per heavy atom.